The van der Waals surface area contributed by atoms with Crippen LogP contribution in [0.25, 0.3) is 0 Å². The van der Waals surface area contributed by atoms with Gasteiger partial charge in [-0.15, -0.1) is 0 Å². The maximum Gasteiger partial charge on any atom is 0.105 e. The Morgan fingerprint density at radius 2 is 1.75 bits per heavy atom. The van der Waals surface area contributed by atoms with Crippen LogP contribution in [0.15, 0.2) is 10.5 Å². The zero-order valence-corrected chi connectivity index (χ0v) is 11.0. The minimum atomic E-state index is 0.136. The van der Waals surface area contributed by atoms with Crippen LogP contribution in [0.1, 0.15) is 62.7 Å². The molecule has 1 heterocycles. The van der Waals surface area contributed by atoms with E-state index in [1.807, 2.05) is 13.8 Å². The summed E-state index contributed by atoms with van der Waals surface area (Å²) in [4.78, 5) is 0. The van der Waals surface area contributed by atoms with Gasteiger partial charge >= 0.3 is 0 Å². The van der Waals surface area contributed by atoms with Crippen LogP contribution in [0.5, 0.6) is 0 Å². The number of rotatable bonds is 6. The molecular formula is C14H25NO. The van der Waals surface area contributed by atoms with Crippen molar-refractivity contribution in [3.63, 3.8) is 0 Å². The largest absolute Gasteiger partial charge is 0.466 e. The lowest BCUT2D eigenvalue weighted by atomic mass is 9.87. The second-order valence-electron chi connectivity index (χ2n) is 4.73. The third-order valence-corrected chi connectivity index (χ3v) is 3.27. The summed E-state index contributed by atoms with van der Waals surface area (Å²) < 4.78 is 5.56. The molecule has 1 aromatic rings. The lowest BCUT2D eigenvalue weighted by molar-refractivity contribution is 0.364. The average Bonchev–Trinajstić information content (AvgIpc) is 2.56. The molecule has 0 aliphatic rings. The highest BCUT2D eigenvalue weighted by Gasteiger charge is 2.21. The predicted molar refractivity (Wildman–Crippen MR) is 68.4 cm³/mol. The van der Waals surface area contributed by atoms with Crippen LogP contribution in [-0.2, 0) is 0 Å². The van der Waals surface area contributed by atoms with E-state index >= 15 is 0 Å². The molecule has 1 unspecified atom stereocenters. The highest BCUT2D eigenvalue weighted by molar-refractivity contribution is 5.24. The summed E-state index contributed by atoms with van der Waals surface area (Å²) in [6.07, 6.45) is 4.82. The highest BCUT2D eigenvalue weighted by Crippen LogP contribution is 2.30. The van der Waals surface area contributed by atoms with Crippen molar-refractivity contribution < 1.29 is 4.42 Å². The fraction of sp³-hybridized carbons (Fsp3) is 0.714. The Labute approximate surface area is 99.2 Å². The molecule has 0 spiro atoms. The summed E-state index contributed by atoms with van der Waals surface area (Å²) >= 11 is 0. The minimum Gasteiger partial charge on any atom is -0.466 e. The molecule has 0 amide bonds. The van der Waals surface area contributed by atoms with Crippen LogP contribution in [0.3, 0.4) is 0 Å². The molecule has 16 heavy (non-hydrogen) atoms. The third kappa shape index (κ3) is 3.11. The number of aryl methyl sites for hydroxylation is 2. The van der Waals surface area contributed by atoms with Gasteiger partial charge in [0, 0.05) is 11.6 Å². The van der Waals surface area contributed by atoms with Gasteiger partial charge in [0.05, 0.1) is 0 Å². The Balaban J connectivity index is 2.80. The summed E-state index contributed by atoms with van der Waals surface area (Å²) in [5.41, 5.74) is 7.56. The number of hydrogen-bond donors (Lipinski definition) is 1. The van der Waals surface area contributed by atoms with Crippen LogP contribution < -0.4 is 5.73 Å². The predicted octanol–water partition coefficient (Wildman–Crippen LogP) is 4.11. The Kier molecular flexibility index (Phi) is 5.07. The molecule has 2 nitrogen and oxygen atoms in total. The third-order valence-electron chi connectivity index (χ3n) is 3.27. The molecule has 0 radical (unpaired) electrons. The fourth-order valence-electron chi connectivity index (χ4n) is 2.48. The molecule has 0 aromatic carbocycles. The van der Waals surface area contributed by atoms with Gasteiger partial charge in [-0.25, -0.2) is 0 Å². The molecule has 0 aliphatic carbocycles. The van der Waals surface area contributed by atoms with Crippen molar-refractivity contribution in [2.75, 3.05) is 0 Å². The van der Waals surface area contributed by atoms with E-state index in [9.17, 15) is 0 Å². The van der Waals surface area contributed by atoms with E-state index in [1.165, 1.54) is 31.2 Å². The minimum absolute atomic E-state index is 0.136. The van der Waals surface area contributed by atoms with Crippen molar-refractivity contribution in [1.82, 2.24) is 0 Å². The molecule has 0 saturated carbocycles. The van der Waals surface area contributed by atoms with Crippen LogP contribution in [0.4, 0.5) is 0 Å². The van der Waals surface area contributed by atoms with Crippen LogP contribution >= 0.6 is 0 Å². The van der Waals surface area contributed by atoms with Crippen molar-refractivity contribution in [1.29, 1.82) is 0 Å². The van der Waals surface area contributed by atoms with E-state index in [0.717, 1.165) is 11.5 Å². The molecule has 1 atom stereocenters. The van der Waals surface area contributed by atoms with Crippen LogP contribution in [-0.4, -0.2) is 0 Å². The van der Waals surface area contributed by atoms with Gasteiger partial charge in [-0.05, 0) is 38.7 Å². The molecule has 1 rings (SSSR count). The van der Waals surface area contributed by atoms with Crippen molar-refractivity contribution in [2.45, 2.75) is 59.4 Å². The summed E-state index contributed by atoms with van der Waals surface area (Å²) in [5.74, 6) is 2.54. The Morgan fingerprint density at radius 1 is 1.19 bits per heavy atom. The second kappa shape index (κ2) is 6.09. The molecular weight excluding hydrogens is 198 g/mol. The van der Waals surface area contributed by atoms with Crippen LogP contribution in [0.2, 0.25) is 0 Å². The molecule has 0 saturated heterocycles. The number of furan rings is 1. The highest BCUT2D eigenvalue weighted by atomic mass is 16.3. The SMILES string of the molecule is CCCC(CCC)C(N)c1cc(C)oc1C. The van der Waals surface area contributed by atoms with E-state index in [-0.39, 0.29) is 6.04 Å². The van der Waals surface area contributed by atoms with E-state index < -0.39 is 0 Å². The van der Waals surface area contributed by atoms with E-state index in [4.69, 9.17) is 10.2 Å². The maximum atomic E-state index is 6.37. The smallest absolute Gasteiger partial charge is 0.105 e. The lowest BCUT2D eigenvalue weighted by Gasteiger charge is -2.22. The Bertz CT molecular complexity index is 311. The fourth-order valence-corrected chi connectivity index (χ4v) is 2.48. The van der Waals surface area contributed by atoms with Gasteiger partial charge in [0.1, 0.15) is 11.5 Å². The quantitative estimate of drug-likeness (QED) is 0.788. The van der Waals surface area contributed by atoms with Gasteiger partial charge in [-0.1, -0.05) is 26.7 Å². The van der Waals surface area contributed by atoms with E-state index in [0.29, 0.717) is 5.92 Å². The summed E-state index contributed by atoms with van der Waals surface area (Å²) in [6.45, 7) is 8.45. The van der Waals surface area contributed by atoms with Crippen molar-refractivity contribution in [3.05, 3.63) is 23.2 Å². The molecule has 0 bridgehead atoms. The van der Waals surface area contributed by atoms with Gasteiger partial charge in [0.2, 0.25) is 0 Å². The van der Waals surface area contributed by atoms with Gasteiger partial charge < -0.3 is 10.2 Å². The first kappa shape index (κ1) is 13.3. The molecule has 2 N–H and O–H groups in total. The summed E-state index contributed by atoms with van der Waals surface area (Å²) in [5, 5.41) is 0. The molecule has 0 aliphatic heterocycles. The normalized spacial score (nSPS) is 13.4. The first-order valence-corrected chi connectivity index (χ1v) is 6.42. The van der Waals surface area contributed by atoms with Gasteiger partial charge in [0.15, 0.2) is 0 Å². The Hall–Kier alpha value is -0.760. The second-order valence-corrected chi connectivity index (χ2v) is 4.73. The van der Waals surface area contributed by atoms with Crippen molar-refractivity contribution in [3.8, 4) is 0 Å². The maximum absolute atomic E-state index is 6.37. The Morgan fingerprint density at radius 3 is 2.12 bits per heavy atom. The zero-order chi connectivity index (χ0) is 12.1. The van der Waals surface area contributed by atoms with Crippen LogP contribution in [0, 0.1) is 19.8 Å². The van der Waals surface area contributed by atoms with Crippen molar-refractivity contribution >= 4 is 0 Å². The summed E-state index contributed by atoms with van der Waals surface area (Å²) in [7, 11) is 0. The summed E-state index contributed by atoms with van der Waals surface area (Å²) in [6, 6.07) is 2.23. The van der Waals surface area contributed by atoms with Crippen molar-refractivity contribution in [2.24, 2.45) is 11.7 Å². The lowest BCUT2D eigenvalue weighted by Crippen LogP contribution is -2.21. The monoisotopic (exact) mass is 223 g/mol. The molecule has 2 heteroatoms. The molecule has 0 fully saturated rings. The number of hydrogen-bond acceptors (Lipinski definition) is 2. The first-order valence-electron chi connectivity index (χ1n) is 6.42. The van der Waals surface area contributed by atoms with Gasteiger partial charge in [-0.2, -0.15) is 0 Å². The van der Waals surface area contributed by atoms with E-state index in [1.54, 1.807) is 0 Å². The van der Waals surface area contributed by atoms with Gasteiger partial charge in [0.25, 0.3) is 0 Å². The van der Waals surface area contributed by atoms with Gasteiger partial charge in [-0.3, -0.25) is 0 Å². The first-order chi connectivity index (χ1) is 7.60. The number of nitrogens with two attached hydrogens (primary N) is 1. The zero-order valence-electron chi connectivity index (χ0n) is 11.0. The molecule has 1 aromatic heterocycles. The topological polar surface area (TPSA) is 39.2 Å². The standard InChI is InChI=1S/C14H25NO/c1-5-7-12(8-6-2)14(15)13-9-10(3)16-11(13)4/h9,12,14H,5-8,15H2,1-4H3. The van der Waals surface area contributed by atoms with E-state index in [2.05, 4.69) is 19.9 Å². The average molecular weight is 223 g/mol. The molecule has 92 valence electrons.